The van der Waals surface area contributed by atoms with Crippen molar-refractivity contribution < 1.29 is 8.83 Å². The maximum absolute atomic E-state index is 7.73. The quantitative estimate of drug-likeness (QED) is 0.0481. The molecule has 604 valence electrons. The number of anilines is 3. The number of benzene rings is 15. The van der Waals surface area contributed by atoms with Gasteiger partial charge in [0.2, 0.25) is 0 Å². The van der Waals surface area contributed by atoms with Crippen LogP contribution in [-0.2, 0) is 21.7 Å². The molecule has 0 fully saturated rings. The van der Waals surface area contributed by atoms with E-state index in [1.807, 2.05) is 0 Å². The Bertz CT molecular complexity index is 6860. The lowest BCUT2D eigenvalue weighted by Gasteiger charge is -2.40. The van der Waals surface area contributed by atoms with Crippen LogP contribution in [0.2, 0.25) is 0 Å². The number of para-hydroxylation sites is 3. The van der Waals surface area contributed by atoms with Crippen LogP contribution >= 0.6 is 0 Å². The van der Waals surface area contributed by atoms with Crippen molar-refractivity contribution in [3.05, 3.63) is 376 Å². The second-order valence-electron chi connectivity index (χ2n) is 36.8. The molecule has 15 aromatic carbocycles. The first-order valence-electron chi connectivity index (χ1n) is 46.9. The normalized spacial score (nSPS) is 14.7. The van der Waals surface area contributed by atoms with Crippen LogP contribution in [-0.4, -0.2) is 0 Å². The van der Waals surface area contributed by atoms with Gasteiger partial charge in [0, 0.05) is 60.4 Å². The number of nitrogens with zero attached hydrogens (tertiary/aromatic N) is 1. The highest BCUT2D eigenvalue weighted by atomic mass is 16.3. The monoisotopic (exact) mass is 1590 g/mol. The van der Waals surface area contributed by atoms with E-state index >= 15 is 0 Å². The predicted molar refractivity (Wildman–Crippen MR) is 516 cm³/mol. The number of furan rings is 2. The van der Waals surface area contributed by atoms with Crippen LogP contribution in [0.15, 0.2) is 318 Å². The van der Waals surface area contributed by atoms with E-state index in [9.17, 15) is 0 Å². The van der Waals surface area contributed by atoms with E-state index < -0.39 is 10.8 Å². The second kappa shape index (κ2) is 30.3. The molecule has 3 nitrogen and oxygen atoms in total. The van der Waals surface area contributed by atoms with Gasteiger partial charge in [-0.25, -0.2) is 0 Å². The maximum Gasteiger partial charge on any atom is 0.144 e. The summed E-state index contributed by atoms with van der Waals surface area (Å²) in [6.45, 7) is 9.55. The molecule has 0 amide bonds. The zero-order valence-corrected chi connectivity index (χ0v) is 71.8. The summed E-state index contributed by atoms with van der Waals surface area (Å²) in [4.78, 5) is 2.77. The molecule has 0 saturated carbocycles. The van der Waals surface area contributed by atoms with Gasteiger partial charge in [-0.05, 0) is 219 Å². The summed E-state index contributed by atoms with van der Waals surface area (Å²) in [6.07, 6.45) is 26.3. The summed E-state index contributed by atoms with van der Waals surface area (Å²) in [7, 11) is 0. The first kappa shape index (κ1) is 75.7. The molecule has 0 radical (unpaired) electrons. The lowest BCUT2D eigenvalue weighted by Crippen LogP contribution is -2.33. The molecule has 0 bridgehead atoms. The Labute approximate surface area is 725 Å². The topological polar surface area (TPSA) is 29.5 Å². The van der Waals surface area contributed by atoms with Gasteiger partial charge in [-0.3, -0.25) is 0 Å². The molecular formula is C120H107NO2. The number of fused-ring (bicyclic) bond motifs is 36. The van der Waals surface area contributed by atoms with Crippen LogP contribution in [0.5, 0.6) is 0 Å². The van der Waals surface area contributed by atoms with Gasteiger partial charge in [0.05, 0.1) is 16.5 Å². The molecule has 0 N–H and O–H groups in total. The average Bonchev–Trinajstić information content (AvgIpc) is 1.49. The number of hydrogen-bond donors (Lipinski definition) is 0. The molecule has 2 aromatic heterocycles. The lowest BCUT2D eigenvalue weighted by atomic mass is 9.62. The van der Waals surface area contributed by atoms with Crippen LogP contribution in [0.25, 0.3) is 133 Å². The van der Waals surface area contributed by atoms with Gasteiger partial charge in [0.25, 0.3) is 0 Å². The summed E-state index contributed by atoms with van der Waals surface area (Å²) in [5.74, 6) is 0. The Kier molecular flexibility index (Phi) is 18.7. The summed E-state index contributed by atoms with van der Waals surface area (Å²) in [5, 5.41) is 4.85. The van der Waals surface area contributed by atoms with E-state index in [0.29, 0.717) is 0 Å². The molecule has 6 aliphatic rings. The SMILES string of the molecule is CCCCCCCC1(CCCCCCC)c2ccccc2-c2c1c1c(c3c2oc2ccccc23)-c2ccc(N(c3ccc4c(c3)C3(c5ccccc5-c5ccccc53)c3cc5c(cc3-4)C3(c4ccccc4-c4ccccc43)c3ccc4oc6ccccc6c4c3-5)c3c(-c4ccccc4)cccc3-c3ccccc3)cc2C1(CCCCCC)CCCCCC. The second-order valence-corrected chi connectivity index (χ2v) is 36.8. The Morgan fingerprint density at radius 2 is 0.618 bits per heavy atom. The van der Waals surface area contributed by atoms with Crippen molar-refractivity contribution in [2.24, 2.45) is 0 Å². The van der Waals surface area contributed by atoms with Crippen LogP contribution in [0.1, 0.15) is 236 Å². The standard InChI is InChI=1S/C120H107NO2/c1-5-9-13-17-41-70-117(71-42-18-14-10-6-2)95-57-32-29-52-89(95)112-114(117)113-110(111-92-54-31-38-63-106(92)123-116(111)112)90-67-65-80(74-101(90)118(113,72-39-15-11-7-3)73-40-16-12-8-4)121(115-82(78-44-21-19-22-45-78)55-43-56-83(115)79-46-23-20-24-47-79)81-64-66-88-93-76-104-94(77-103(93)120(102(88)75-81)98-60-35-27-50-86(98)87-51-28-36-61-99(87)120)108-100(68-69-107-109(108)91-53-30-37-62-105(91)122-107)119(104)96-58-33-25-48-84(96)85-49-26-34-59-97(85)119/h19-38,43-69,74-77H,5-18,39-42,70-73H2,1-4H3. The Balaban J connectivity index is 0.828. The molecule has 0 atom stereocenters. The number of hydrogen-bond acceptors (Lipinski definition) is 3. The zero-order valence-electron chi connectivity index (χ0n) is 71.8. The van der Waals surface area contributed by atoms with Gasteiger partial charge in [-0.1, -0.05) is 398 Å². The van der Waals surface area contributed by atoms with Crippen LogP contribution in [0.4, 0.5) is 17.1 Å². The maximum atomic E-state index is 7.73. The fraction of sp³-hybridized carbons (Fsp3) is 0.250. The summed E-state index contributed by atoms with van der Waals surface area (Å²) in [6, 6.07) is 121. The lowest BCUT2D eigenvalue weighted by molar-refractivity contribution is 0.369. The van der Waals surface area contributed by atoms with Crippen molar-refractivity contribution >= 4 is 60.9 Å². The minimum atomic E-state index is -0.759. The number of rotatable bonds is 27. The molecule has 3 heteroatoms. The third-order valence-corrected chi connectivity index (χ3v) is 30.3. The van der Waals surface area contributed by atoms with Gasteiger partial charge in [0.15, 0.2) is 0 Å². The van der Waals surface area contributed by atoms with Crippen molar-refractivity contribution in [1.29, 1.82) is 0 Å². The molecule has 123 heavy (non-hydrogen) atoms. The highest BCUT2D eigenvalue weighted by molar-refractivity contribution is 6.22. The van der Waals surface area contributed by atoms with E-state index in [2.05, 4.69) is 342 Å². The minimum absolute atomic E-state index is 0.221. The van der Waals surface area contributed by atoms with E-state index in [1.54, 1.807) is 11.1 Å². The van der Waals surface area contributed by atoms with E-state index in [0.717, 1.165) is 77.6 Å². The summed E-state index contributed by atoms with van der Waals surface area (Å²) >= 11 is 0. The first-order chi connectivity index (χ1) is 60.9. The average molecular weight is 1600 g/mol. The van der Waals surface area contributed by atoms with Crippen molar-refractivity contribution in [3.8, 4) is 89.0 Å². The van der Waals surface area contributed by atoms with Crippen LogP contribution in [0.3, 0.4) is 0 Å². The minimum Gasteiger partial charge on any atom is -0.456 e. The highest BCUT2D eigenvalue weighted by Crippen LogP contribution is 2.72. The van der Waals surface area contributed by atoms with Gasteiger partial charge < -0.3 is 13.7 Å². The van der Waals surface area contributed by atoms with Crippen LogP contribution in [0, 0.1) is 0 Å². The Hall–Kier alpha value is -12.3. The Morgan fingerprint density at radius 1 is 0.236 bits per heavy atom. The first-order valence-corrected chi connectivity index (χ1v) is 46.9. The van der Waals surface area contributed by atoms with E-state index in [4.69, 9.17) is 8.83 Å². The molecule has 23 rings (SSSR count). The molecule has 6 aliphatic carbocycles. The fourth-order valence-corrected chi connectivity index (χ4v) is 25.3. The van der Waals surface area contributed by atoms with E-state index in [1.165, 1.54) is 269 Å². The largest absolute Gasteiger partial charge is 0.456 e. The van der Waals surface area contributed by atoms with Gasteiger partial charge in [-0.15, -0.1) is 0 Å². The predicted octanol–water partition coefficient (Wildman–Crippen LogP) is 34.2. The third kappa shape index (κ3) is 11.0. The molecule has 2 heterocycles. The number of unbranched alkanes of at least 4 members (excludes halogenated alkanes) is 14. The molecule has 2 spiro atoms. The smallest absolute Gasteiger partial charge is 0.144 e. The zero-order chi connectivity index (χ0) is 82.1. The van der Waals surface area contributed by atoms with E-state index in [-0.39, 0.29) is 10.8 Å². The highest BCUT2D eigenvalue weighted by Gasteiger charge is 2.59. The summed E-state index contributed by atoms with van der Waals surface area (Å²) in [5.41, 5.74) is 42.7. The third-order valence-electron chi connectivity index (χ3n) is 30.3. The van der Waals surface area contributed by atoms with Crippen molar-refractivity contribution in [2.75, 3.05) is 4.90 Å². The fourth-order valence-electron chi connectivity index (χ4n) is 25.3. The van der Waals surface area contributed by atoms with Gasteiger partial charge >= 0.3 is 0 Å². The van der Waals surface area contributed by atoms with Crippen molar-refractivity contribution in [2.45, 2.75) is 191 Å². The van der Waals surface area contributed by atoms with Crippen LogP contribution < -0.4 is 4.90 Å². The molecule has 0 saturated heterocycles. The molecular weight excluding hydrogens is 1490 g/mol. The summed E-state index contributed by atoms with van der Waals surface area (Å²) < 4.78 is 14.7. The van der Waals surface area contributed by atoms with Crippen molar-refractivity contribution in [1.82, 2.24) is 0 Å². The molecule has 17 aromatic rings. The molecule has 0 unspecified atom stereocenters. The van der Waals surface area contributed by atoms with Crippen molar-refractivity contribution in [3.63, 3.8) is 0 Å². The van der Waals surface area contributed by atoms with Gasteiger partial charge in [-0.2, -0.15) is 0 Å². The van der Waals surface area contributed by atoms with Gasteiger partial charge in [0.1, 0.15) is 22.3 Å². The Morgan fingerprint density at radius 3 is 1.16 bits per heavy atom. The molecule has 0 aliphatic heterocycles.